The number of aliphatic carboxylic acids is 1. The van der Waals surface area contributed by atoms with Gasteiger partial charge in [0.2, 0.25) is 0 Å². The van der Waals surface area contributed by atoms with Gasteiger partial charge < -0.3 is 24.6 Å². The van der Waals surface area contributed by atoms with Crippen LogP contribution in [0.2, 0.25) is 0 Å². The number of amides is 1. The quantitative estimate of drug-likeness (QED) is 0.568. The summed E-state index contributed by atoms with van der Waals surface area (Å²) in [6.07, 6.45) is 4.38. The van der Waals surface area contributed by atoms with Crippen molar-refractivity contribution in [2.45, 2.75) is 25.7 Å². The lowest BCUT2D eigenvalue weighted by Crippen LogP contribution is -3.09. The van der Waals surface area contributed by atoms with Crippen molar-refractivity contribution in [1.82, 2.24) is 9.88 Å². The first-order valence-corrected chi connectivity index (χ1v) is 11.8. The van der Waals surface area contributed by atoms with E-state index in [1.165, 1.54) is 4.90 Å². The van der Waals surface area contributed by atoms with Crippen LogP contribution in [0.4, 0.5) is 5.69 Å². The summed E-state index contributed by atoms with van der Waals surface area (Å²) in [7, 11) is 6.10. The van der Waals surface area contributed by atoms with Crippen LogP contribution in [0.25, 0.3) is 0 Å². The lowest BCUT2D eigenvalue weighted by Gasteiger charge is -2.39. The molecule has 2 aromatic rings. The van der Waals surface area contributed by atoms with E-state index < -0.39 is 5.97 Å². The first kappa shape index (κ1) is 24.7. The number of anilines is 1. The van der Waals surface area contributed by atoms with Crippen molar-refractivity contribution in [1.29, 1.82) is 0 Å². The van der Waals surface area contributed by atoms with Crippen LogP contribution in [0, 0.1) is 11.8 Å². The minimum atomic E-state index is -1.00. The molecule has 0 bridgehead atoms. The standard InChI is InChI=1S/C26H36N4O3/c1-28(2)24-9-7-20(8-10-24)26(33)30-17-12-21(18-25(31)32)22(19-30)11-15-29(3)16-13-23-6-4-5-14-27-23/h4-10,14,21-22H,11-13,15-19H2,1-3H3,(H,31,32)/t21-,22-/m0/s1. The number of quaternary nitrogens is 1. The van der Waals surface area contributed by atoms with Crippen molar-refractivity contribution in [2.24, 2.45) is 11.8 Å². The summed E-state index contributed by atoms with van der Waals surface area (Å²) in [6, 6.07) is 13.6. The zero-order valence-corrected chi connectivity index (χ0v) is 20.0. The fourth-order valence-corrected chi connectivity index (χ4v) is 4.60. The molecular formula is C26H36N4O3. The predicted molar refractivity (Wildman–Crippen MR) is 127 cm³/mol. The van der Waals surface area contributed by atoms with Crippen molar-refractivity contribution >= 4 is 17.6 Å². The van der Waals surface area contributed by atoms with E-state index in [4.69, 9.17) is 0 Å². The van der Waals surface area contributed by atoms with Crippen molar-refractivity contribution in [3.8, 4) is 0 Å². The molecule has 2 heterocycles. The summed E-state index contributed by atoms with van der Waals surface area (Å²) in [5.74, 6) is -0.766. The van der Waals surface area contributed by atoms with Gasteiger partial charge in [0.25, 0.3) is 5.91 Å². The Bertz CT molecular complexity index is 902. The van der Waals surface area contributed by atoms with E-state index in [-0.39, 0.29) is 24.2 Å². The number of carbonyl (C=O) groups excluding carboxylic acids is 2. The number of likely N-dealkylation sites (tertiary alicyclic amines) is 1. The van der Waals surface area contributed by atoms with E-state index in [1.54, 1.807) is 0 Å². The molecule has 0 saturated carbocycles. The molecule has 1 saturated heterocycles. The van der Waals surface area contributed by atoms with Crippen LogP contribution in [-0.2, 0) is 11.2 Å². The van der Waals surface area contributed by atoms with E-state index in [2.05, 4.69) is 12.0 Å². The first-order valence-electron chi connectivity index (χ1n) is 11.8. The molecule has 7 nitrogen and oxygen atoms in total. The normalized spacial score (nSPS) is 19.2. The first-order chi connectivity index (χ1) is 15.8. The number of hydrogen-bond donors (Lipinski definition) is 1. The number of benzene rings is 1. The van der Waals surface area contributed by atoms with Gasteiger partial charge in [0.15, 0.2) is 0 Å². The Morgan fingerprint density at radius 2 is 1.88 bits per heavy atom. The molecule has 1 aliphatic rings. The van der Waals surface area contributed by atoms with Gasteiger partial charge in [-0.2, -0.15) is 0 Å². The summed E-state index contributed by atoms with van der Waals surface area (Å²) < 4.78 is 0. The maximum atomic E-state index is 13.1. The molecule has 33 heavy (non-hydrogen) atoms. The maximum Gasteiger partial charge on any atom is 0.253 e. The highest BCUT2D eigenvalue weighted by atomic mass is 16.4. The maximum absolute atomic E-state index is 13.1. The number of carboxylic acids is 1. The molecule has 1 aromatic heterocycles. The molecule has 0 aliphatic carbocycles. The van der Waals surface area contributed by atoms with Gasteiger partial charge in [-0.25, -0.2) is 0 Å². The van der Waals surface area contributed by atoms with E-state index >= 15 is 0 Å². The highest BCUT2D eigenvalue weighted by Crippen LogP contribution is 2.29. The summed E-state index contributed by atoms with van der Waals surface area (Å²) in [5.41, 5.74) is 2.81. The smallest absolute Gasteiger partial charge is 0.253 e. The Hall–Kier alpha value is -2.93. The molecule has 1 N–H and O–H groups in total. The lowest BCUT2D eigenvalue weighted by molar-refractivity contribution is -0.880. The number of hydrogen-bond acceptors (Lipinski definition) is 5. The SMILES string of the molecule is CN(C)c1ccc(C(=O)N2CC[C@@H](CC(=O)[O-])[C@@H](CC[NH+](C)CCc3ccccn3)C2)cc1. The summed E-state index contributed by atoms with van der Waals surface area (Å²) in [4.78, 5) is 34.1. The number of piperidine rings is 1. The zero-order chi connectivity index (χ0) is 23.8. The van der Waals surface area contributed by atoms with Crippen LogP contribution in [-0.4, -0.2) is 69.1 Å². The van der Waals surface area contributed by atoms with Crippen LogP contribution in [0.1, 0.15) is 35.3 Å². The Balaban J connectivity index is 1.58. The molecule has 3 atom stereocenters. The van der Waals surface area contributed by atoms with Gasteiger partial charge in [-0.1, -0.05) is 6.07 Å². The van der Waals surface area contributed by atoms with Crippen LogP contribution in [0.15, 0.2) is 48.7 Å². The number of pyridine rings is 1. The molecule has 0 radical (unpaired) electrons. The molecule has 1 aromatic carbocycles. The molecular weight excluding hydrogens is 416 g/mol. The Morgan fingerprint density at radius 3 is 2.52 bits per heavy atom. The Morgan fingerprint density at radius 1 is 1.12 bits per heavy atom. The third-order valence-corrected chi connectivity index (χ3v) is 6.71. The number of rotatable bonds is 10. The molecule has 1 amide bonds. The number of nitrogens with one attached hydrogen (secondary N) is 1. The third kappa shape index (κ3) is 7.29. The second-order valence-corrected chi connectivity index (χ2v) is 9.39. The highest BCUT2D eigenvalue weighted by molar-refractivity contribution is 5.94. The van der Waals surface area contributed by atoms with Crippen molar-refractivity contribution in [2.75, 3.05) is 52.2 Å². The molecule has 1 aliphatic heterocycles. The Labute approximate surface area is 197 Å². The minimum Gasteiger partial charge on any atom is -0.550 e. The average Bonchev–Trinajstić information content (AvgIpc) is 2.82. The van der Waals surface area contributed by atoms with E-state index in [9.17, 15) is 14.7 Å². The second kappa shape index (κ2) is 11.8. The van der Waals surface area contributed by atoms with Gasteiger partial charge in [-0.15, -0.1) is 0 Å². The highest BCUT2D eigenvalue weighted by Gasteiger charge is 2.32. The zero-order valence-electron chi connectivity index (χ0n) is 20.0. The van der Waals surface area contributed by atoms with Crippen LogP contribution in [0.5, 0.6) is 0 Å². The average molecular weight is 453 g/mol. The van der Waals surface area contributed by atoms with E-state index in [0.29, 0.717) is 25.1 Å². The minimum absolute atomic E-state index is 0.0214. The largest absolute Gasteiger partial charge is 0.550 e. The molecule has 178 valence electrons. The summed E-state index contributed by atoms with van der Waals surface area (Å²) in [6.45, 7) is 3.08. The summed E-state index contributed by atoms with van der Waals surface area (Å²) in [5, 5.41) is 11.3. The number of carbonyl (C=O) groups is 2. The van der Waals surface area contributed by atoms with Gasteiger partial charge in [0.1, 0.15) is 0 Å². The molecule has 3 rings (SSSR count). The second-order valence-electron chi connectivity index (χ2n) is 9.39. The molecule has 1 fully saturated rings. The fourth-order valence-electron chi connectivity index (χ4n) is 4.60. The lowest BCUT2D eigenvalue weighted by atomic mass is 9.81. The Kier molecular flexibility index (Phi) is 8.83. The number of carboxylic acid groups (broad SMARTS) is 1. The van der Waals surface area contributed by atoms with Crippen molar-refractivity contribution < 1.29 is 19.6 Å². The van der Waals surface area contributed by atoms with Gasteiger partial charge in [-0.3, -0.25) is 9.78 Å². The van der Waals surface area contributed by atoms with Crippen molar-refractivity contribution in [3.05, 3.63) is 59.9 Å². The molecule has 7 heteroatoms. The van der Waals surface area contributed by atoms with Crippen molar-refractivity contribution in [3.63, 3.8) is 0 Å². The summed E-state index contributed by atoms with van der Waals surface area (Å²) >= 11 is 0. The molecule has 0 spiro atoms. The fraction of sp³-hybridized carbons (Fsp3) is 0.500. The number of aromatic nitrogens is 1. The van der Waals surface area contributed by atoms with Gasteiger partial charge in [-0.05, 0) is 61.1 Å². The van der Waals surface area contributed by atoms with Gasteiger partial charge >= 0.3 is 0 Å². The van der Waals surface area contributed by atoms with Crippen LogP contribution in [0.3, 0.4) is 0 Å². The monoisotopic (exact) mass is 452 g/mol. The number of nitrogens with zero attached hydrogens (tertiary/aromatic N) is 3. The molecule has 1 unspecified atom stereocenters. The van der Waals surface area contributed by atoms with Crippen LogP contribution < -0.4 is 14.9 Å². The van der Waals surface area contributed by atoms with Crippen LogP contribution >= 0.6 is 0 Å². The van der Waals surface area contributed by atoms with E-state index in [0.717, 1.165) is 37.3 Å². The third-order valence-electron chi connectivity index (χ3n) is 6.71. The number of likely N-dealkylation sites (N-methyl/N-ethyl adjacent to an activating group) is 1. The predicted octanol–water partition coefficient (Wildman–Crippen LogP) is 0.513. The van der Waals surface area contributed by atoms with E-state index in [1.807, 2.05) is 72.6 Å². The topological polar surface area (TPSA) is 81.0 Å². The van der Waals surface area contributed by atoms with Gasteiger partial charge in [0, 0.05) is 69.1 Å². The van der Waals surface area contributed by atoms with Gasteiger partial charge in [0.05, 0.1) is 20.1 Å².